The number of aromatic nitrogens is 1. The standard InChI is InChI=1S/C16H19N3O2/c1-12-6-7-14(11-18-12)19-16(20)17-9-8-13-4-3-5-15(10-13)21-2/h3-7,10-11H,8-9H2,1-2H3,(H2,17,19,20). The zero-order chi connectivity index (χ0) is 15.1. The highest BCUT2D eigenvalue weighted by molar-refractivity contribution is 5.88. The second kappa shape index (κ2) is 7.28. The van der Waals surface area contributed by atoms with Gasteiger partial charge in [0, 0.05) is 12.2 Å². The van der Waals surface area contributed by atoms with Crippen LogP contribution in [-0.4, -0.2) is 24.7 Å². The Labute approximate surface area is 124 Å². The summed E-state index contributed by atoms with van der Waals surface area (Å²) in [6.07, 6.45) is 2.38. The van der Waals surface area contributed by atoms with Crippen molar-refractivity contribution in [3.05, 3.63) is 53.9 Å². The van der Waals surface area contributed by atoms with Crippen molar-refractivity contribution >= 4 is 11.7 Å². The van der Waals surface area contributed by atoms with Crippen molar-refractivity contribution < 1.29 is 9.53 Å². The van der Waals surface area contributed by atoms with Crippen molar-refractivity contribution in [2.75, 3.05) is 19.0 Å². The van der Waals surface area contributed by atoms with Crippen LogP contribution in [0.3, 0.4) is 0 Å². The highest BCUT2D eigenvalue weighted by atomic mass is 16.5. The van der Waals surface area contributed by atoms with Gasteiger partial charge in [0.2, 0.25) is 0 Å². The Bertz CT molecular complexity index is 597. The molecule has 0 aliphatic rings. The topological polar surface area (TPSA) is 63.2 Å². The van der Waals surface area contributed by atoms with Crippen LogP contribution in [0, 0.1) is 6.92 Å². The Morgan fingerprint density at radius 3 is 2.86 bits per heavy atom. The van der Waals surface area contributed by atoms with E-state index in [1.165, 1.54) is 0 Å². The molecule has 0 aliphatic carbocycles. The molecule has 5 heteroatoms. The summed E-state index contributed by atoms with van der Waals surface area (Å²) in [7, 11) is 1.64. The number of methoxy groups -OCH3 is 1. The molecule has 110 valence electrons. The van der Waals surface area contributed by atoms with Gasteiger partial charge in [-0.15, -0.1) is 0 Å². The summed E-state index contributed by atoms with van der Waals surface area (Å²) in [6.45, 7) is 2.45. The summed E-state index contributed by atoms with van der Waals surface area (Å²) in [6, 6.07) is 11.2. The maximum atomic E-state index is 11.7. The number of nitrogens with zero attached hydrogens (tertiary/aromatic N) is 1. The van der Waals surface area contributed by atoms with Gasteiger partial charge in [0.1, 0.15) is 5.75 Å². The quantitative estimate of drug-likeness (QED) is 0.888. The number of hydrogen-bond acceptors (Lipinski definition) is 3. The van der Waals surface area contributed by atoms with E-state index >= 15 is 0 Å². The summed E-state index contributed by atoms with van der Waals surface area (Å²) in [5.41, 5.74) is 2.71. The van der Waals surface area contributed by atoms with Crippen LogP contribution in [0.15, 0.2) is 42.6 Å². The van der Waals surface area contributed by atoms with Crippen LogP contribution in [0.2, 0.25) is 0 Å². The van der Waals surface area contributed by atoms with Crippen molar-refractivity contribution in [1.29, 1.82) is 0 Å². The van der Waals surface area contributed by atoms with Gasteiger partial charge in [-0.25, -0.2) is 4.79 Å². The smallest absolute Gasteiger partial charge is 0.319 e. The highest BCUT2D eigenvalue weighted by Crippen LogP contribution is 2.12. The molecule has 0 spiro atoms. The molecule has 5 nitrogen and oxygen atoms in total. The van der Waals surface area contributed by atoms with E-state index in [0.717, 1.165) is 23.4 Å². The molecule has 0 radical (unpaired) electrons. The molecule has 2 amide bonds. The second-order valence-electron chi connectivity index (χ2n) is 4.67. The largest absolute Gasteiger partial charge is 0.497 e. The number of rotatable bonds is 5. The van der Waals surface area contributed by atoms with Crippen LogP contribution in [0.25, 0.3) is 0 Å². The molecule has 0 fully saturated rings. The van der Waals surface area contributed by atoms with Gasteiger partial charge in [-0.2, -0.15) is 0 Å². The van der Waals surface area contributed by atoms with E-state index < -0.39 is 0 Å². The van der Waals surface area contributed by atoms with Crippen LogP contribution in [0.1, 0.15) is 11.3 Å². The van der Waals surface area contributed by atoms with Crippen LogP contribution in [0.5, 0.6) is 5.75 Å². The first kappa shape index (κ1) is 14.8. The lowest BCUT2D eigenvalue weighted by Gasteiger charge is -2.08. The van der Waals surface area contributed by atoms with Crippen LogP contribution in [0.4, 0.5) is 10.5 Å². The number of hydrogen-bond donors (Lipinski definition) is 2. The lowest BCUT2D eigenvalue weighted by molar-refractivity contribution is 0.252. The normalized spacial score (nSPS) is 10.0. The first-order valence-electron chi connectivity index (χ1n) is 6.78. The number of ether oxygens (including phenoxy) is 1. The first-order chi connectivity index (χ1) is 10.2. The first-order valence-corrected chi connectivity index (χ1v) is 6.78. The Morgan fingerprint density at radius 1 is 1.29 bits per heavy atom. The minimum Gasteiger partial charge on any atom is -0.497 e. The fraction of sp³-hybridized carbons (Fsp3) is 0.250. The number of nitrogens with one attached hydrogen (secondary N) is 2. The van der Waals surface area contributed by atoms with Gasteiger partial charge in [0.25, 0.3) is 0 Å². The van der Waals surface area contributed by atoms with E-state index in [-0.39, 0.29) is 6.03 Å². The maximum Gasteiger partial charge on any atom is 0.319 e. The Kier molecular flexibility index (Phi) is 5.15. The summed E-state index contributed by atoms with van der Waals surface area (Å²) >= 11 is 0. The summed E-state index contributed by atoms with van der Waals surface area (Å²) in [5.74, 6) is 0.822. The van der Waals surface area contributed by atoms with Gasteiger partial charge in [-0.3, -0.25) is 4.98 Å². The highest BCUT2D eigenvalue weighted by Gasteiger charge is 2.02. The van der Waals surface area contributed by atoms with Gasteiger partial charge >= 0.3 is 6.03 Å². The fourth-order valence-corrected chi connectivity index (χ4v) is 1.87. The Balaban J connectivity index is 1.77. The number of carbonyl (C=O) groups is 1. The van der Waals surface area contributed by atoms with Gasteiger partial charge in [-0.05, 0) is 43.2 Å². The van der Waals surface area contributed by atoms with Crippen molar-refractivity contribution in [2.45, 2.75) is 13.3 Å². The van der Waals surface area contributed by atoms with E-state index in [9.17, 15) is 4.79 Å². The van der Waals surface area contributed by atoms with Crippen molar-refractivity contribution in [2.24, 2.45) is 0 Å². The number of amides is 2. The number of benzene rings is 1. The van der Waals surface area contributed by atoms with Crippen LogP contribution < -0.4 is 15.4 Å². The summed E-state index contributed by atoms with van der Waals surface area (Å²) in [4.78, 5) is 15.9. The van der Waals surface area contributed by atoms with E-state index in [0.29, 0.717) is 12.2 Å². The van der Waals surface area contributed by atoms with E-state index in [2.05, 4.69) is 15.6 Å². The number of anilines is 1. The second-order valence-corrected chi connectivity index (χ2v) is 4.67. The van der Waals surface area contributed by atoms with Crippen molar-refractivity contribution in [1.82, 2.24) is 10.3 Å². The molecule has 2 rings (SSSR count). The molecule has 0 unspecified atom stereocenters. The molecule has 0 saturated carbocycles. The molecule has 1 aromatic carbocycles. The fourth-order valence-electron chi connectivity index (χ4n) is 1.87. The molecule has 0 saturated heterocycles. The Hall–Kier alpha value is -2.56. The molecule has 0 atom stereocenters. The molecule has 21 heavy (non-hydrogen) atoms. The summed E-state index contributed by atoms with van der Waals surface area (Å²) in [5, 5.41) is 5.55. The molecule has 1 heterocycles. The van der Waals surface area contributed by atoms with E-state index in [1.54, 1.807) is 13.3 Å². The molecular formula is C16H19N3O2. The number of pyridine rings is 1. The predicted molar refractivity (Wildman–Crippen MR) is 82.7 cm³/mol. The minimum atomic E-state index is -0.233. The summed E-state index contributed by atoms with van der Waals surface area (Å²) < 4.78 is 5.16. The number of carbonyl (C=O) groups excluding carboxylic acids is 1. The minimum absolute atomic E-state index is 0.233. The average Bonchev–Trinajstić information content (AvgIpc) is 2.50. The van der Waals surface area contributed by atoms with Crippen molar-refractivity contribution in [3.8, 4) is 5.75 Å². The third-order valence-electron chi connectivity index (χ3n) is 3.00. The van der Waals surface area contributed by atoms with Crippen LogP contribution >= 0.6 is 0 Å². The zero-order valence-corrected chi connectivity index (χ0v) is 12.2. The molecule has 1 aromatic heterocycles. The van der Waals surface area contributed by atoms with Crippen molar-refractivity contribution in [3.63, 3.8) is 0 Å². The van der Waals surface area contributed by atoms with Gasteiger partial charge in [0.05, 0.1) is 19.0 Å². The third-order valence-corrected chi connectivity index (χ3v) is 3.00. The third kappa shape index (κ3) is 4.80. The molecule has 0 bridgehead atoms. The zero-order valence-electron chi connectivity index (χ0n) is 12.2. The van der Waals surface area contributed by atoms with E-state index in [1.807, 2.05) is 43.3 Å². The average molecular weight is 285 g/mol. The van der Waals surface area contributed by atoms with Gasteiger partial charge in [0.15, 0.2) is 0 Å². The SMILES string of the molecule is COc1cccc(CCNC(=O)Nc2ccc(C)nc2)c1. The molecular weight excluding hydrogens is 266 g/mol. The lowest BCUT2D eigenvalue weighted by Crippen LogP contribution is -2.30. The predicted octanol–water partition coefficient (Wildman–Crippen LogP) is 2.76. The van der Waals surface area contributed by atoms with Gasteiger partial charge in [-0.1, -0.05) is 12.1 Å². The van der Waals surface area contributed by atoms with Crippen LogP contribution in [-0.2, 0) is 6.42 Å². The molecule has 0 aliphatic heterocycles. The lowest BCUT2D eigenvalue weighted by atomic mass is 10.1. The number of aryl methyl sites for hydroxylation is 1. The molecule has 2 N–H and O–H groups in total. The molecule has 2 aromatic rings. The van der Waals surface area contributed by atoms with Gasteiger partial charge < -0.3 is 15.4 Å². The maximum absolute atomic E-state index is 11.7. The van der Waals surface area contributed by atoms with E-state index in [4.69, 9.17) is 4.74 Å². The monoisotopic (exact) mass is 285 g/mol. The number of urea groups is 1. The Morgan fingerprint density at radius 2 is 2.14 bits per heavy atom.